The van der Waals surface area contributed by atoms with Crippen molar-refractivity contribution >= 4 is 33.9 Å². The third-order valence-electron chi connectivity index (χ3n) is 5.57. The van der Waals surface area contributed by atoms with Crippen molar-refractivity contribution in [3.63, 3.8) is 0 Å². The lowest BCUT2D eigenvalue weighted by Gasteiger charge is -2.22. The second kappa shape index (κ2) is 7.62. The number of imidazole rings is 1. The Morgan fingerprint density at radius 1 is 0.967 bits per heavy atom. The highest BCUT2D eigenvalue weighted by Gasteiger charge is 2.22. The Morgan fingerprint density at radius 2 is 1.77 bits per heavy atom. The number of H-pyrrole nitrogens is 1. The van der Waals surface area contributed by atoms with Gasteiger partial charge >= 0.3 is 0 Å². The summed E-state index contributed by atoms with van der Waals surface area (Å²) in [7, 11) is 0. The number of nitrogens with one attached hydrogen (secondary N) is 1. The lowest BCUT2D eigenvalue weighted by atomic mass is 10.3. The molecule has 1 amide bonds. The number of amides is 1. The SMILES string of the molecule is O=C(Cn1c(=O)cnc2ccccc21)N1CCCN(c2nc3ccccc3[nH]2)CC1. The molecule has 0 aliphatic carbocycles. The van der Waals surface area contributed by atoms with Crippen LogP contribution in [0.15, 0.2) is 59.5 Å². The van der Waals surface area contributed by atoms with E-state index >= 15 is 0 Å². The zero-order valence-electron chi connectivity index (χ0n) is 16.5. The molecule has 4 aromatic rings. The number of para-hydroxylation sites is 4. The largest absolute Gasteiger partial charge is 0.341 e. The quantitative estimate of drug-likeness (QED) is 0.567. The maximum absolute atomic E-state index is 13.0. The number of carbonyl (C=O) groups is 1. The monoisotopic (exact) mass is 402 g/mol. The second-order valence-corrected chi connectivity index (χ2v) is 7.47. The molecule has 0 spiro atoms. The van der Waals surface area contributed by atoms with Crippen molar-refractivity contribution in [2.45, 2.75) is 13.0 Å². The number of hydrogen-bond donors (Lipinski definition) is 1. The predicted molar refractivity (Wildman–Crippen MR) is 116 cm³/mol. The van der Waals surface area contributed by atoms with Crippen molar-refractivity contribution in [1.82, 2.24) is 24.4 Å². The van der Waals surface area contributed by atoms with Gasteiger partial charge in [-0.1, -0.05) is 24.3 Å². The van der Waals surface area contributed by atoms with E-state index in [9.17, 15) is 9.59 Å². The molecule has 2 aromatic carbocycles. The number of aromatic nitrogens is 4. The van der Waals surface area contributed by atoms with Crippen molar-refractivity contribution in [3.05, 3.63) is 65.1 Å². The van der Waals surface area contributed by atoms with Gasteiger partial charge in [0, 0.05) is 26.2 Å². The van der Waals surface area contributed by atoms with Crippen LogP contribution < -0.4 is 10.5 Å². The van der Waals surface area contributed by atoms with Crippen LogP contribution in [-0.4, -0.2) is 56.5 Å². The Morgan fingerprint density at radius 3 is 2.63 bits per heavy atom. The summed E-state index contributed by atoms with van der Waals surface area (Å²) < 4.78 is 1.51. The highest BCUT2D eigenvalue weighted by Crippen LogP contribution is 2.18. The Kier molecular flexibility index (Phi) is 4.66. The van der Waals surface area contributed by atoms with Gasteiger partial charge in [0.15, 0.2) is 0 Å². The van der Waals surface area contributed by atoms with Crippen LogP contribution in [0.25, 0.3) is 22.1 Å². The molecule has 0 unspecified atom stereocenters. The van der Waals surface area contributed by atoms with E-state index in [4.69, 9.17) is 0 Å². The van der Waals surface area contributed by atoms with Gasteiger partial charge in [0.25, 0.3) is 5.56 Å². The predicted octanol–water partition coefficient (Wildman–Crippen LogP) is 2.01. The summed E-state index contributed by atoms with van der Waals surface area (Å²) in [4.78, 5) is 41.6. The molecule has 8 heteroatoms. The molecule has 0 bridgehead atoms. The maximum Gasteiger partial charge on any atom is 0.269 e. The van der Waals surface area contributed by atoms with Gasteiger partial charge in [-0.2, -0.15) is 0 Å². The zero-order chi connectivity index (χ0) is 20.5. The number of benzene rings is 2. The van der Waals surface area contributed by atoms with Crippen molar-refractivity contribution in [2.24, 2.45) is 0 Å². The molecule has 30 heavy (non-hydrogen) atoms. The summed E-state index contributed by atoms with van der Waals surface area (Å²) in [5.41, 5.74) is 3.07. The van der Waals surface area contributed by atoms with Gasteiger partial charge < -0.3 is 14.8 Å². The molecule has 0 radical (unpaired) electrons. The minimum atomic E-state index is -0.263. The Labute approximate surface area is 172 Å². The lowest BCUT2D eigenvalue weighted by Crippen LogP contribution is -2.39. The molecule has 8 nitrogen and oxygen atoms in total. The van der Waals surface area contributed by atoms with E-state index in [-0.39, 0.29) is 18.0 Å². The first-order chi connectivity index (χ1) is 14.7. The fourth-order valence-electron chi connectivity index (χ4n) is 3.98. The molecule has 3 heterocycles. The summed E-state index contributed by atoms with van der Waals surface area (Å²) >= 11 is 0. The fraction of sp³-hybridized carbons (Fsp3) is 0.273. The van der Waals surface area contributed by atoms with Gasteiger partial charge in [0.05, 0.1) is 28.3 Å². The number of aromatic amines is 1. The van der Waals surface area contributed by atoms with E-state index in [0.717, 1.165) is 29.9 Å². The van der Waals surface area contributed by atoms with Crippen LogP contribution in [0.3, 0.4) is 0 Å². The van der Waals surface area contributed by atoms with Crippen molar-refractivity contribution < 1.29 is 4.79 Å². The van der Waals surface area contributed by atoms with Crippen LogP contribution in [0.1, 0.15) is 6.42 Å². The molecular weight excluding hydrogens is 380 g/mol. The minimum absolute atomic E-state index is 0.0203. The van der Waals surface area contributed by atoms with Crippen LogP contribution in [-0.2, 0) is 11.3 Å². The standard InChI is InChI=1S/C22H22N6O2/c29-20-14-23-18-8-3-4-9-19(18)28(20)15-21(30)26-10-5-11-27(13-12-26)22-24-16-6-1-2-7-17(16)25-22/h1-4,6-9,14H,5,10-13,15H2,(H,24,25). The Balaban J connectivity index is 1.32. The third-order valence-corrected chi connectivity index (χ3v) is 5.57. The van der Waals surface area contributed by atoms with E-state index in [1.54, 1.807) is 0 Å². The Hall–Kier alpha value is -3.68. The molecule has 1 fully saturated rings. The van der Waals surface area contributed by atoms with Crippen LogP contribution in [0.4, 0.5) is 5.95 Å². The summed E-state index contributed by atoms with van der Waals surface area (Å²) in [6, 6.07) is 15.3. The molecule has 0 saturated carbocycles. The number of carbonyl (C=O) groups excluding carboxylic acids is 1. The summed E-state index contributed by atoms with van der Waals surface area (Å²) in [6.45, 7) is 2.78. The first-order valence-electron chi connectivity index (χ1n) is 10.1. The molecule has 1 N–H and O–H groups in total. The molecule has 152 valence electrons. The zero-order valence-corrected chi connectivity index (χ0v) is 16.5. The number of anilines is 1. The maximum atomic E-state index is 13.0. The molecule has 1 aliphatic heterocycles. The first-order valence-corrected chi connectivity index (χ1v) is 10.1. The van der Waals surface area contributed by atoms with Crippen LogP contribution in [0, 0.1) is 0 Å². The molecule has 2 aromatic heterocycles. The molecule has 5 rings (SSSR count). The van der Waals surface area contributed by atoms with Gasteiger partial charge in [-0.3, -0.25) is 14.2 Å². The van der Waals surface area contributed by atoms with Gasteiger partial charge in [0.1, 0.15) is 6.54 Å². The second-order valence-electron chi connectivity index (χ2n) is 7.47. The highest BCUT2D eigenvalue weighted by atomic mass is 16.2. The molecule has 1 saturated heterocycles. The van der Waals surface area contributed by atoms with E-state index in [0.29, 0.717) is 30.7 Å². The van der Waals surface area contributed by atoms with E-state index < -0.39 is 0 Å². The van der Waals surface area contributed by atoms with E-state index in [2.05, 4.69) is 19.9 Å². The Bertz CT molecular complexity index is 1240. The molecule has 1 aliphatic rings. The van der Waals surface area contributed by atoms with E-state index in [1.165, 1.54) is 10.8 Å². The summed E-state index contributed by atoms with van der Waals surface area (Å²) in [6.07, 6.45) is 2.12. The number of hydrogen-bond acceptors (Lipinski definition) is 5. The fourth-order valence-corrected chi connectivity index (χ4v) is 3.98. The van der Waals surface area contributed by atoms with Gasteiger partial charge in [0.2, 0.25) is 11.9 Å². The highest BCUT2D eigenvalue weighted by molar-refractivity contribution is 5.80. The smallest absolute Gasteiger partial charge is 0.269 e. The number of rotatable bonds is 3. The van der Waals surface area contributed by atoms with Crippen molar-refractivity contribution in [3.8, 4) is 0 Å². The number of nitrogens with zero attached hydrogens (tertiary/aromatic N) is 5. The van der Waals surface area contributed by atoms with Gasteiger partial charge in [-0.15, -0.1) is 0 Å². The van der Waals surface area contributed by atoms with Gasteiger partial charge in [-0.05, 0) is 30.7 Å². The number of fused-ring (bicyclic) bond motifs is 2. The summed E-state index contributed by atoms with van der Waals surface area (Å²) in [5.74, 6) is 0.779. The van der Waals surface area contributed by atoms with Crippen LogP contribution >= 0.6 is 0 Å². The topological polar surface area (TPSA) is 87.1 Å². The normalized spacial score (nSPS) is 14.9. The van der Waals surface area contributed by atoms with Crippen molar-refractivity contribution in [1.29, 1.82) is 0 Å². The lowest BCUT2D eigenvalue weighted by molar-refractivity contribution is -0.131. The minimum Gasteiger partial charge on any atom is -0.341 e. The average molecular weight is 402 g/mol. The van der Waals surface area contributed by atoms with Crippen molar-refractivity contribution in [2.75, 3.05) is 31.1 Å². The average Bonchev–Trinajstić information content (AvgIpc) is 3.05. The van der Waals surface area contributed by atoms with Gasteiger partial charge in [-0.25, -0.2) is 9.97 Å². The molecule has 0 atom stereocenters. The molecular formula is C22H22N6O2. The van der Waals surface area contributed by atoms with E-state index in [1.807, 2.05) is 53.4 Å². The van der Waals surface area contributed by atoms with Crippen LogP contribution in [0.5, 0.6) is 0 Å². The first kappa shape index (κ1) is 18.4. The summed E-state index contributed by atoms with van der Waals surface area (Å²) in [5, 5.41) is 0. The van der Waals surface area contributed by atoms with Crippen LogP contribution in [0.2, 0.25) is 0 Å². The third kappa shape index (κ3) is 3.41.